The molecule has 6 nitrogen and oxygen atoms in total. The van der Waals surface area contributed by atoms with Gasteiger partial charge in [-0.2, -0.15) is 0 Å². The van der Waals surface area contributed by atoms with Crippen LogP contribution in [-0.2, 0) is 0 Å². The molecule has 2 N–H and O–H groups in total. The van der Waals surface area contributed by atoms with E-state index in [1.807, 2.05) is 0 Å². The number of hydrogen-bond donors (Lipinski definition) is 2. The first kappa shape index (κ1) is 13.0. The molecule has 2 aliphatic heterocycles. The van der Waals surface area contributed by atoms with Gasteiger partial charge in [0.05, 0.1) is 6.04 Å². The minimum Gasteiger partial charge on any atom is -0.369 e. The van der Waals surface area contributed by atoms with Gasteiger partial charge < -0.3 is 15.5 Å². The molecule has 0 radical (unpaired) electrons. The Morgan fingerprint density at radius 2 is 2.00 bits per heavy atom. The maximum absolute atomic E-state index is 4.42. The molecule has 2 fully saturated rings. The van der Waals surface area contributed by atoms with Gasteiger partial charge in [0, 0.05) is 44.1 Å². The van der Waals surface area contributed by atoms with Crippen LogP contribution in [-0.4, -0.2) is 47.3 Å². The highest BCUT2D eigenvalue weighted by atomic mass is 15.3. The molecule has 0 spiro atoms. The summed E-state index contributed by atoms with van der Waals surface area (Å²) in [5.74, 6) is 1.05. The summed E-state index contributed by atoms with van der Waals surface area (Å²) in [7, 11) is 0. The normalized spacial score (nSPS) is 23.6. The zero-order valence-electron chi connectivity index (χ0n) is 12.3. The van der Waals surface area contributed by atoms with Crippen LogP contribution >= 0.6 is 0 Å². The van der Waals surface area contributed by atoms with Crippen LogP contribution in [0.2, 0.25) is 0 Å². The molecule has 0 amide bonds. The second kappa shape index (κ2) is 5.61. The average molecular weight is 286 g/mol. The van der Waals surface area contributed by atoms with E-state index < -0.39 is 0 Å². The molecule has 2 aliphatic rings. The van der Waals surface area contributed by atoms with E-state index in [0.717, 1.165) is 50.6 Å². The predicted molar refractivity (Wildman–Crippen MR) is 82.7 cm³/mol. The van der Waals surface area contributed by atoms with Gasteiger partial charge in [0.15, 0.2) is 11.5 Å². The first-order valence-corrected chi connectivity index (χ1v) is 7.95. The summed E-state index contributed by atoms with van der Waals surface area (Å²) in [4.78, 5) is 2.41. The Hall–Kier alpha value is -1.66. The molecule has 0 saturated carbocycles. The second-order valence-electron chi connectivity index (χ2n) is 5.91. The Morgan fingerprint density at radius 1 is 1.10 bits per heavy atom. The van der Waals surface area contributed by atoms with Gasteiger partial charge in [0.2, 0.25) is 0 Å². The number of fused-ring (bicyclic) bond motifs is 1. The summed E-state index contributed by atoms with van der Waals surface area (Å²) in [5, 5.41) is 15.7. The Kier molecular flexibility index (Phi) is 3.48. The molecule has 1 atom stereocenters. The van der Waals surface area contributed by atoms with Gasteiger partial charge in [-0.05, 0) is 25.5 Å². The highest BCUT2D eigenvalue weighted by Gasteiger charge is 2.20. The Bertz CT molecular complexity index is 610. The summed E-state index contributed by atoms with van der Waals surface area (Å²) < 4.78 is 2.13. The van der Waals surface area contributed by atoms with Crippen LogP contribution in [0.4, 0.5) is 5.69 Å². The van der Waals surface area contributed by atoms with Crippen molar-refractivity contribution in [3.8, 4) is 0 Å². The van der Waals surface area contributed by atoms with Crippen LogP contribution in [0.5, 0.6) is 0 Å². The number of pyridine rings is 1. The molecule has 2 aromatic heterocycles. The summed E-state index contributed by atoms with van der Waals surface area (Å²) in [5.41, 5.74) is 2.20. The van der Waals surface area contributed by atoms with Crippen molar-refractivity contribution in [2.75, 3.05) is 37.6 Å². The zero-order valence-corrected chi connectivity index (χ0v) is 12.3. The quantitative estimate of drug-likeness (QED) is 0.861. The molecule has 0 bridgehead atoms. The minimum atomic E-state index is 0.346. The number of rotatable bonds is 2. The van der Waals surface area contributed by atoms with Gasteiger partial charge in [0.1, 0.15) is 0 Å². The van der Waals surface area contributed by atoms with E-state index in [2.05, 4.69) is 48.5 Å². The van der Waals surface area contributed by atoms with Crippen molar-refractivity contribution in [2.24, 2.45) is 0 Å². The van der Waals surface area contributed by atoms with Gasteiger partial charge in [-0.3, -0.25) is 4.40 Å². The molecule has 6 heteroatoms. The van der Waals surface area contributed by atoms with Crippen molar-refractivity contribution < 1.29 is 0 Å². The molecule has 1 unspecified atom stereocenters. The SMILES string of the molecule is c1cn2c(C3CCCCN3)nnc2cc1N1CCNCC1. The number of nitrogens with one attached hydrogen (secondary N) is 2. The molecular formula is C15H22N6. The van der Waals surface area contributed by atoms with Crippen LogP contribution < -0.4 is 15.5 Å². The van der Waals surface area contributed by atoms with Gasteiger partial charge in [-0.1, -0.05) is 6.42 Å². The highest BCUT2D eigenvalue weighted by Crippen LogP contribution is 2.24. The predicted octanol–water partition coefficient (Wildman–Crippen LogP) is 0.953. The van der Waals surface area contributed by atoms with E-state index in [1.54, 1.807) is 0 Å². The number of piperidine rings is 1. The van der Waals surface area contributed by atoms with Crippen molar-refractivity contribution >= 4 is 11.3 Å². The van der Waals surface area contributed by atoms with Crippen LogP contribution in [0, 0.1) is 0 Å². The summed E-state index contributed by atoms with van der Waals surface area (Å²) >= 11 is 0. The fourth-order valence-electron chi connectivity index (χ4n) is 3.33. The van der Waals surface area contributed by atoms with Crippen molar-refractivity contribution in [2.45, 2.75) is 25.3 Å². The van der Waals surface area contributed by atoms with Crippen LogP contribution in [0.3, 0.4) is 0 Å². The Balaban J connectivity index is 1.63. The number of aromatic nitrogens is 3. The van der Waals surface area contributed by atoms with Gasteiger partial charge in [-0.25, -0.2) is 0 Å². The van der Waals surface area contributed by atoms with E-state index in [0.29, 0.717) is 6.04 Å². The molecular weight excluding hydrogens is 264 g/mol. The molecule has 0 aliphatic carbocycles. The largest absolute Gasteiger partial charge is 0.369 e. The Morgan fingerprint density at radius 3 is 2.81 bits per heavy atom. The van der Waals surface area contributed by atoms with Gasteiger partial charge in [0.25, 0.3) is 0 Å². The third kappa shape index (κ3) is 2.49. The van der Waals surface area contributed by atoms with Gasteiger partial charge >= 0.3 is 0 Å². The molecule has 4 heterocycles. The van der Waals surface area contributed by atoms with Crippen molar-refractivity contribution in [1.29, 1.82) is 0 Å². The zero-order chi connectivity index (χ0) is 14.1. The third-order valence-electron chi connectivity index (χ3n) is 4.52. The second-order valence-corrected chi connectivity index (χ2v) is 5.91. The molecule has 0 aromatic carbocycles. The van der Waals surface area contributed by atoms with Crippen molar-refractivity contribution in [3.05, 3.63) is 24.2 Å². The molecule has 21 heavy (non-hydrogen) atoms. The standard InChI is InChI=1S/C15H22N6/c1-2-5-17-13(3-1)15-19-18-14-11-12(4-8-21(14)15)20-9-6-16-7-10-20/h4,8,11,13,16-17H,1-3,5-7,9-10H2. The topological polar surface area (TPSA) is 57.5 Å². The van der Waals surface area contributed by atoms with Crippen LogP contribution in [0.25, 0.3) is 5.65 Å². The number of anilines is 1. The van der Waals surface area contributed by atoms with E-state index in [4.69, 9.17) is 0 Å². The van der Waals surface area contributed by atoms with E-state index in [1.165, 1.54) is 18.5 Å². The highest BCUT2D eigenvalue weighted by molar-refractivity contribution is 5.56. The maximum atomic E-state index is 4.42. The summed E-state index contributed by atoms with van der Waals surface area (Å²) in [6.45, 7) is 5.30. The van der Waals surface area contributed by atoms with Crippen molar-refractivity contribution in [1.82, 2.24) is 25.2 Å². The average Bonchev–Trinajstić information content (AvgIpc) is 2.99. The summed E-state index contributed by atoms with van der Waals surface area (Å²) in [6, 6.07) is 4.69. The van der Waals surface area contributed by atoms with Crippen molar-refractivity contribution in [3.63, 3.8) is 0 Å². The van der Waals surface area contributed by atoms with Crippen LogP contribution in [0.15, 0.2) is 18.3 Å². The Labute approximate surface area is 124 Å². The molecule has 2 saturated heterocycles. The molecule has 4 rings (SSSR count). The lowest BCUT2D eigenvalue weighted by atomic mass is 10.0. The lowest BCUT2D eigenvalue weighted by Gasteiger charge is -2.29. The van der Waals surface area contributed by atoms with E-state index in [-0.39, 0.29) is 0 Å². The lowest BCUT2D eigenvalue weighted by Crippen LogP contribution is -2.43. The molecule has 2 aromatic rings. The minimum absolute atomic E-state index is 0.346. The number of hydrogen-bond acceptors (Lipinski definition) is 5. The van der Waals surface area contributed by atoms with E-state index in [9.17, 15) is 0 Å². The fraction of sp³-hybridized carbons (Fsp3) is 0.600. The van der Waals surface area contributed by atoms with Crippen LogP contribution in [0.1, 0.15) is 31.1 Å². The maximum Gasteiger partial charge on any atom is 0.162 e. The number of piperazine rings is 1. The third-order valence-corrected chi connectivity index (χ3v) is 4.52. The monoisotopic (exact) mass is 286 g/mol. The number of nitrogens with zero attached hydrogens (tertiary/aromatic N) is 4. The smallest absolute Gasteiger partial charge is 0.162 e. The summed E-state index contributed by atoms with van der Waals surface area (Å²) in [6.07, 6.45) is 5.81. The van der Waals surface area contributed by atoms with Gasteiger partial charge in [-0.15, -0.1) is 10.2 Å². The van der Waals surface area contributed by atoms with E-state index >= 15 is 0 Å². The molecule has 112 valence electrons. The first-order valence-electron chi connectivity index (χ1n) is 7.95. The first-order chi connectivity index (χ1) is 10.4. The fourth-order valence-corrected chi connectivity index (χ4v) is 3.33. The lowest BCUT2D eigenvalue weighted by molar-refractivity contribution is 0.395.